The van der Waals surface area contributed by atoms with Crippen molar-refractivity contribution >= 4 is 11.6 Å². The molecule has 1 fully saturated rings. The van der Waals surface area contributed by atoms with E-state index in [1.165, 1.54) is 25.0 Å². The Morgan fingerprint density at radius 3 is 2.83 bits per heavy atom. The molecule has 18 heavy (non-hydrogen) atoms. The number of amides is 1. The van der Waals surface area contributed by atoms with E-state index in [0.717, 1.165) is 18.9 Å². The highest BCUT2D eigenvalue weighted by atomic mass is 19.1. The van der Waals surface area contributed by atoms with Crippen LogP contribution in [0.1, 0.15) is 37.7 Å². The van der Waals surface area contributed by atoms with Crippen molar-refractivity contribution in [2.24, 2.45) is 5.92 Å². The maximum absolute atomic E-state index is 12.9. The monoisotopic (exact) mass is 246 g/mol. The van der Waals surface area contributed by atoms with Gasteiger partial charge in [-0.3, -0.25) is 4.79 Å². The van der Waals surface area contributed by atoms with E-state index in [0.29, 0.717) is 18.0 Å². The van der Waals surface area contributed by atoms with Gasteiger partial charge in [0.2, 0.25) is 5.91 Å². The minimum absolute atomic E-state index is 0.0926. The summed E-state index contributed by atoms with van der Waals surface area (Å²) >= 11 is 0. The second-order valence-electron chi connectivity index (χ2n) is 4.70. The Balaban J connectivity index is 2.00. The molecule has 0 unspecified atom stereocenters. The molecule has 1 aromatic rings. The first-order valence-electron chi connectivity index (χ1n) is 6.18. The van der Waals surface area contributed by atoms with E-state index in [2.05, 4.69) is 5.32 Å². The SMILES string of the molecule is N#Cc1cc(F)ccc1NC(=O)CC1CCCC1. The maximum atomic E-state index is 12.9. The number of carbonyl (C=O) groups excluding carboxylic acids is 1. The molecule has 1 aliphatic rings. The van der Waals surface area contributed by atoms with Crippen LogP contribution in [-0.4, -0.2) is 5.91 Å². The molecule has 94 valence electrons. The van der Waals surface area contributed by atoms with Gasteiger partial charge in [-0.25, -0.2) is 4.39 Å². The lowest BCUT2D eigenvalue weighted by molar-refractivity contribution is -0.117. The van der Waals surface area contributed by atoms with Gasteiger partial charge < -0.3 is 5.32 Å². The summed E-state index contributed by atoms with van der Waals surface area (Å²) in [5.41, 5.74) is 0.552. The van der Waals surface area contributed by atoms with Crippen molar-refractivity contribution in [1.82, 2.24) is 0 Å². The van der Waals surface area contributed by atoms with Crippen LogP contribution >= 0.6 is 0 Å². The third-order valence-electron chi connectivity index (χ3n) is 3.32. The molecule has 1 saturated carbocycles. The normalized spacial score (nSPS) is 15.3. The smallest absolute Gasteiger partial charge is 0.224 e. The fourth-order valence-electron chi connectivity index (χ4n) is 2.40. The third-order valence-corrected chi connectivity index (χ3v) is 3.32. The van der Waals surface area contributed by atoms with Crippen LogP contribution in [0.15, 0.2) is 18.2 Å². The summed E-state index contributed by atoms with van der Waals surface area (Å²) in [4.78, 5) is 11.8. The molecule has 0 saturated heterocycles. The molecule has 2 rings (SSSR count). The number of hydrogen-bond acceptors (Lipinski definition) is 2. The molecule has 0 aliphatic heterocycles. The van der Waals surface area contributed by atoms with E-state index >= 15 is 0 Å². The molecule has 1 aromatic carbocycles. The van der Waals surface area contributed by atoms with Crippen LogP contribution in [0.4, 0.5) is 10.1 Å². The van der Waals surface area contributed by atoms with Crippen LogP contribution in [0, 0.1) is 23.1 Å². The van der Waals surface area contributed by atoms with Crippen molar-refractivity contribution in [3.05, 3.63) is 29.6 Å². The van der Waals surface area contributed by atoms with Gasteiger partial charge in [-0.2, -0.15) is 5.26 Å². The predicted octanol–water partition coefficient (Wildman–Crippen LogP) is 3.22. The number of nitrogens with zero attached hydrogens (tertiary/aromatic N) is 1. The Morgan fingerprint density at radius 1 is 1.44 bits per heavy atom. The lowest BCUT2D eigenvalue weighted by Gasteiger charge is -2.10. The fraction of sp³-hybridized carbons (Fsp3) is 0.429. The van der Waals surface area contributed by atoms with Crippen molar-refractivity contribution in [3.63, 3.8) is 0 Å². The molecule has 0 atom stereocenters. The van der Waals surface area contributed by atoms with Gasteiger partial charge in [0.1, 0.15) is 11.9 Å². The number of nitrogens with one attached hydrogen (secondary N) is 1. The van der Waals surface area contributed by atoms with Gasteiger partial charge in [-0.1, -0.05) is 12.8 Å². The molecule has 1 aliphatic carbocycles. The number of benzene rings is 1. The highest BCUT2D eigenvalue weighted by Crippen LogP contribution is 2.28. The highest BCUT2D eigenvalue weighted by Gasteiger charge is 2.19. The topological polar surface area (TPSA) is 52.9 Å². The summed E-state index contributed by atoms with van der Waals surface area (Å²) in [6.07, 6.45) is 5.07. The number of anilines is 1. The zero-order valence-corrected chi connectivity index (χ0v) is 10.1. The predicted molar refractivity (Wildman–Crippen MR) is 66.3 cm³/mol. The van der Waals surface area contributed by atoms with Gasteiger partial charge in [0.25, 0.3) is 0 Å². The molecular weight excluding hydrogens is 231 g/mol. The molecule has 3 nitrogen and oxygen atoms in total. The number of rotatable bonds is 3. The zero-order chi connectivity index (χ0) is 13.0. The summed E-state index contributed by atoms with van der Waals surface area (Å²) in [7, 11) is 0. The fourth-order valence-corrected chi connectivity index (χ4v) is 2.40. The summed E-state index contributed by atoms with van der Waals surface area (Å²) in [5, 5.41) is 11.6. The summed E-state index contributed by atoms with van der Waals surface area (Å²) in [6.45, 7) is 0. The summed E-state index contributed by atoms with van der Waals surface area (Å²) < 4.78 is 12.9. The first-order chi connectivity index (χ1) is 8.69. The van der Waals surface area contributed by atoms with Gasteiger partial charge in [0.15, 0.2) is 0 Å². The molecule has 0 aromatic heterocycles. The first-order valence-corrected chi connectivity index (χ1v) is 6.18. The van der Waals surface area contributed by atoms with E-state index in [-0.39, 0.29) is 11.5 Å². The van der Waals surface area contributed by atoms with Gasteiger partial charge in [0, 0.05) is 6.42 Å². The summed E-state index contributed by atoms with van der Waals surface area (Å²) in [5.74, 6) is -0.110. The third kappa shape index (κ3) is 3.07. The number of halogens is 1. The molecular formula is C14H15FN2O. The van der Waals surface area contributed by atoms with Crippen LogP contribution in [0.5, 0.6) is 0 Å². The molecule has 0 heterocycles. The van der Waals surface area contributed by atoms with E-state index < -0.39 is 5.82 Å². The molecule has 4 heteroatoms. The molecule has 0 spiro atoms. The standard InChI is InChI=1S/C14H15FN2O/c15-12-5-6-13(11(8-12)9-16)17-14(18)7-10-3-1-2-4-10/h5-6,8,10H,1-4,7H2,(H,17,18). The Bertz CT molecular complexity index is 487. The Hall–Kier alpha value is -1.89. The molecule has 1 amide bonds. The second-order valence-corrected chi connectivity index (χ2v) is 4.70. The lowest BCUT2D eigenvalue weighted by atomic mass is 10.0. The molecule has 1 N–H and O–H groups in total. The van der Waals surface area contributed by atoms with Crippen molar-refractivity contribution < 1.29 is 9.18 Å². The van der Waals surface area contributed by atoms with Gasteiger partial charge in [-0.15, -0.1) is 0 Å². The summed E-state index contributed by atoms with van der Waals surface area (Å²) in [6, 6.07) is 5.68. The van der Waals surface area contributed by atoms with E-state index in [1.807, 2.05) is 6.07 Å². The van der Waals surface area contributed by atoms with Crippen molar-refractivity contribution in [2.45, 2.75) is 32.1 Å². The second kappa shape index (κ2) is 5.63. The zero-order valence-electron chi connectivity index (χ0n) is 10.1. The number of nitriles is 1. The Labute approximate surface area is 106 Å². The van der Waals surface area contributed by atoms with Crippen LogP contribution in [0.2, 0.25) is 0 Å². The van der Waals surface area contributed by atoms with Crippen LogP contribution in [-0.2, 0) is 4.79 Å². The number of carbonyl (C=O) groups is 1. The van der Waals surface area contributed by atoms with Crippen molar-refractivity contribution in [1.29, 1.82) is 5.26 Å². The maximum Gasteiger partial charge on any atom is 0.224 e. The van der Waals surface area contributed by atoms with Crippen LogP contribution < -0.4 is 5.32 Å². The lowest BCUT2D eigenvalue weighted by Crippen LogP contribution is -2.15. The first kappa shape index (κ1) is 12.6. The molecule has 0 radical (unpaired) electrons. The van der Waals surface area contributed by atoms with E-state index in [4.69, 9.17) is 5.26 Å². The van der Waals surface area contributed by atoms with Crippen molar-refractivity contribution in [3.8, 4) is 6.07 Å². The van der Waals surface area contributed by atoms with Crippen LogP contribution in [0.3, 0.4) is 0 Å². The van der Waals surface area contributed by atoms with Crippen molar-refractivity contribution in [2.75, 3.05) is 5.32 Å². The van der Waals surface area contributed by atoms with Gasteiger partial charge >= 0.3 is 0 Å². The van der Waals surface area contributed by atoms with E-state index in [9.17, 15) is 9.18 Å². The van der Waals surface area contributed by atoms with Gasteiger partial charge in [-0.05, 0) is 37.0 Å². The minimum atomic E-state index is -0.472. The Morgan fingerprint density at radius 2 is 2.17 bits per heavy atom. The Kier molecular flexibility index (Phi) is 3.93. The average Bonchev–Trinajstić information content (AvgIpc) is 2.84. The highest BCUT2D eigenvalue weighted by molar-refractivity contribution is 5.92. The van der Waals surface area contributed by atoms with Gasteiger partial charge in [0.05, 0.1) is 11.3 Å². The largest absolute Gasteiger partial charge is 0.325 e. The number of hydrogen-bond donors (Lipinski definition) is 1. The van der Waals surface area contributed by atoms with E-state index in [1.54, 1.807) is 0 Å². The quantitative estimate of drug-likeness (QED) is 0.890. The van der Waals surface area contributed by atoms with Crippen LogP contribution in [0.25, 0.3) is 0 Å². The molecule has 0 bridgehead atoms. The minimum Gasteiger partial charge on any atom is -0.325 e. The average molecular weight is 246 g/mol.